The van der Waals surface area contributed by atoms with Gasteiger partial charge in [-0.2, -0.15) is 0 Å². The summed E-state index contributed by atoms with van der Waals surface area (Å²) in [5.41, 5.74) is 10.4. The zero-order valence-corrected chi connectivity index (χ0v) is 17.4. The van der Waals surface area contributed by atoms with Crippen LogP contribution in [0.4, 0.5) is 17.1 Å². The van der Waals surface area contributed by atoms with Crippen molar-refractivity contribution >= 4 is 22.6 Å². The fraction of sp³-hybridized carbons (Fsp3) is 0.143. The quantitative estimate of drug-likeness (QED) is 0.433. The number of hydrogen-bond donors (Lipinski definition) is 0. The van der Waals surface area contributed by atoms with Crippen LogP contribution in [0.1, 0.15) is 32.8 Å². The molecule has 0 bridgehead atoms. The van der Waals surface area contributed by atoms with Gasteiger partial charge in [-0.1, -0.05) is 66.3 Å². The smallest absolute Gasteiger partial charge is 0.0462 e. The second-order valence-electron chi connectivity index (χ2n) is 7.74. The molecule has 0 saturated carbocycles. The lowest BCUT2D eigenvalue weighted by molar-refractivity contribution is 1.18. The van der Waals surface area contributed by atoms with Crippen LogP contribution in [0.3, 0.4) is 0 Å². The van der Waals surface area contributed by atoms with Gasteiger partial charge < -0.3 is 4.90 Å². The number of benzene rings is 3. The van der Waals surface area contributed by atoms with Gasteiger partial charge in [0, 0.05) is 17.1 Å². The van der Waals surface area contributed by atoms with Crippen molar-refractivity contribution in [3.05, 3.63) is 119 Å². The number of para-hydroxylation sites is 2. The fourth-order valence-corrected chi connectivity index (χ4v) is 3.73. The van der Waals surface area contributed by atoms with Crippen LogP contribution in [0.25, 0.3) is 5.57 Å². The van der Waals surface area contributed by atoms with Crippen molar-refractivity contribution in [1.82, 2.24) is 0 Å². The number of nitrogens with zero attached hydrogens (tertiary/aromatic N) is 1. The first-order valence-corrected chi connectivity index (χ1v) is 10.2. The summed E-state index contributed by atoms with van der Waals surface area (Å²) in [5.74, 6) is 0. The zero-order chi connectivity index (χ0) is 20.2. The van der Waals surface area contributed by atoms with Crippen LogP contribution < -0.4 is 4.90 Å². The monoisotopic (exact) mass is 377 g/mol. The Kier molecular flexibility index (Phi) is 5.48. The first-order chi connectivity index (χ1) is 14.1. The lowest BCUT2D eigenvalue weighted by Gasteiger charge is -2.25. The summed E-state index contributed by atoms with van der Waals surface area (Å²) in [6.07, 6.45) is 5.55. The Morgan fingerprint density at radius 2 is 1.14 bits per heavy atom. The van der Waals surface area contributed by atoms with Crippen LogP contribution in [0.15, 0.2) is 114 Å². The Hall–Kier alpha value is -3.32. The standard InChI is InChI=1S/C28H27N/c1-21(2)22(3)24-14-15-25(20-24)23-16-18-28(19-17-23)29(26-10-6-4-7-11-26)27-12-8-5-9-13-27/h4-19H,20H2,1-3H3. The Bertz CT molecular complexity index is 1020. The van der Waals surface area contributed by atoms with Gasteiger partial charge in [-0.25, -0.2) is 0 Å². The summed E-state index contributed by atoms with van der Waals surface area (Å²) in [6, 6.07) is 30.0. The number of allylic oxidation sites excluding steroid dienone is 6. The van der Waals surface area contributed by atoms with E-state index in [1.54, 1.807) is 0 Å². The lowest BCUT2D eigenvalue weighted by Crippen LogP contribution is -2.09. The van der Waals surface area contributed by atoms with Gasteiger partial charge in [-0.05, 0) is 85.9 Å². The highest BCUT2D eigenvalue weighted by atomic mass is 15.1. The third-order valence-corrected chi connectivity index (χ3v) is 5.62. The van der Waals surface area contributed by atoms with E-state index < -0.39 is 0 Å². The minimum absolute atomic E-state index is 1.01. The van der Waals surface area contributed by atoms with Gasteiger partial charge in [0.15, 0.2) is 0 Å². The molecule has 0 radical (unpaired) electrons. The minimum atomic E-state index is 1.01. The maximum Gasteiger partial charge on any atom is 0.0462 e. The Morgan fingerprint density at radius 1 is 0.621 bits per heavy atom. The normalized spacial score (nSPS) is 12.9. The molecule has 1 heteroatoms. The van der Waals surface area contributed by atoms with Gasteiger partial charge >= 0.3 is 0 Å². The van der Waals surface area contributed by atoms with Gasteiger partial charge in [0.25, 0.3) is 0 Å². The van der Waals surface area contributed by atoms with Crippen molar-refractivity contribution in [3.63, 3.8) is 0 Å². The molecule has 4 rings (SSSR count). The van der Waals surface area contributed by atoms with E-state index in [9.17, 15) is 0 Å². The van der Waals surface area contributed by atoms with Crippen molar-refractivity contribution < 1.29 is 0 Å². The van der Waals surface area contributed by atoms with Crippen molar-refractivity contribution in [1.29, 1.82) is 0 Å². The maximum absolute atomic E-state index is 2.30. The highest BCUT2D eigenvalue weighted by Gasteiger charge is 2.15. The molecule has 1 aliphatic carbocycles. The molecule has 0 heterocycles. The van der Waals surface area contributed by atoms with Crippen LogP contribution in [-0.2, 0) is 0 Å². The largest absolute Gasteiger partial charge is 0.311 e. The number of hydrogen-bond acceptors (Lipinski definition) is 1. The molecule has 0 aromatic heterocycles. The van der Waals surface area contributed by atoms with Crippen LogP contribution in [-0.4, -0.2) is 0 Å². The summed E-state index contributed by atoms with van der Waals surface area (Å²) in [4.78, 5) is 2.30. The van der Waals surface area contributed by atoms with Crippen LogP contribution >= 0.6 is 0 Å². The Morgan fingerprint density at radius 3 is 1.66 bits per heavy atom. The topological polar surface area (TPSA) is 3.24 Å². The fourth-order valence-electron chi connectivity index (χ4n) is 3.73. The molecule has 29 heavy (non-hydrogen) atoms. The first kappa shape index (κ1) is 19.0. The molecular formula is C28H27N. The molecule has 0 spiro atoms. The molecule has 144 valence electrons. The molecule has 0 aliphatic heterocycles. The van der Waals surface area contributed by atoms with E-state index in [1.807, 2.05) is 0 Å². The summed E-state index contributed by atoms with van der Waals surface area (Å²) >= 11 is 0. The van der Waals surface area contributed by atoms with E-state index in [0.29, 0.717) is 0 Å². The molecule has 0 amide bonds. The highest BCUT2D eigenvalue weighted by Crippen LogP contribution is 2.37. The zero-order valence-electron chi connectivity index (χ0n) is 17.4. The Balaban J connectivity index is 1.62. The summed E-state index contributed by atoms with van der Waals surface area (Å²) in [6.45, 7) is 6.59. The van der Waals surface area contributed by atoms with E-state index >= 15 is 0 Å². The molecule has 1 nitrogen and oxygen atoms in total. The Labute approximate surface area is 174 Å². The van der Waals surface area contributed by atoms with Crippen molar-refractivity contribution in [3.8, 4) is 0 Å². The molecule has 0 N–H and O–H groups in total. The second kappa shape index (κ2) is 8.36. The van der Waals surface area contributed by atoms with E-state index in [1.165, 1.54) is 33.5 Å². The molecule has 0 fully saturated rings. The molecule has 0 atom stereocenters. The molecule has 3 aromatic rings. The van der Waals surface area contributed by atoms with Crippen LogP contribution in [0, 0.1) is 0 Å². The van der Waals surface area contributed by atoms with Crippen molar-refractivity contribution in [2.45, 2.75) is 27.2 Å². The van der Waals surface area contributed by atoms with Gasteiger partial charge in [0.1, 0.15) is 0 Å². The van der Waals surface area contributed by atoms with Gasteiger partial charge in [0.2, 0.25) is 0 Å². The SMILES string of the molecule is CC(C)=C(C)C1=CC=C(c2ccc(N(c3ccccc3)c3ccccc3)cc2)C1. The maximum atomic E-state index is 2.30. The number of rotatable bonds is 5. The predicted molar refractivity (Wildman–Crippen MR) is 126 cm³/mol. The average molecular weight is 378 g/mol. The van der Waals surface area contributed by atoms with Crippen molar-refractivity contribution in [2.24, 2.45) is 0 Å². The van der Waals surface area contributed by atoms with Gasteiger partial charge in [0.05, 0.1) is 0 Å². The summed E-state index contributed by atoms with van der Waals surface area (Å²) in [5, 5.41) is 0. The number of anilines is 3. The van der Waals surface area contributed by atoms with Gasteiger partial charge in [-0.3, -0.25) is 0 Å². The summed E-state index contributed by atoms with van der Waals surface area (Å²) < 4.78 is 0. The predicted octanol–water partition coefficient (Wildman–Crippen LogP) is 8.23. The van der Waals surface area contributed by atoms with E-state index in [4.69, 9.17) is 0 Å². The molecule has 0 saturated heterocycles. The first-order valence-electron chi connectivity index (χ1n) is 10.2. The molecular weight excluding hydrogens is 350 g/mol. The van der Waals surface area contributed by atoms with Crippen LogP contribution in [0.5, 0.6) is 0 Å². The van der Waals surface area contributed by atoms with Gasteiger partial charge in [-0.15, -0.1) is 0 Å². The minimum Gasteiger partial charge on any atom is -0.311 e. The van der Waals surface area contributed by atoms with E-state index in [-0.39, 0.29) is 0 Å². The molecule has 3 aromatic carbocycles. The van der Waals surface area contributed by atoms with E-state index in [2.05, 4.69) is 123 Å². The third-order valence-electron chi connectivity index (χ3n) is 5.62. The van der Waals surface area contributed by atoms with Crippen molar-refractivity contribution in [2.75, 3.05) is 4.90 Å². The molecule has 1 aliphatic rings. The third kappa shape index (κ3) is 4.09. The highest BCUT2D eigenvalue weighted by molar-refractivity contribution is 5.79. The lowest BCUT2D eigenvalue weighted by atomic mass is 9.97. The molecule has 0 unspecified atom stereocenters. The second-order valence-corrected chi connectivity index (χ2v) is 7.74. The summed E-state index contributed by atoms with van der Waals surface area (Å²) in [7, 11) is 0. The average Bonchev–Trinajstić information content (AvgIpc) is 3.25. The van der Waals surface area contributed by atoms with E-state index in [0.717, 1.165) is 17.8 Å². The van der Waals surface area contributed by atoms with Crippen LogP contribution in [0.2, 0.25) is 0 Å².